The SMILES string of the molecule is Cc1cc2c(cc1C(=O)NCCCN1CCC(F)CC1)sc1nc(-c3ccc([C@@H]4CCCN4C(=O)OC(C)(C)C)cc3F)cn12. The molecule has 4 aromatic rings. The molecule has 0 bridgehead atoms. The van der Waals surface area contributed by atoms with Gasteiger partial charge in [-0.1, -0.05) is 17.4 Å². The number of aromatic nitrogens is 2. The van der Waals surface area contributed by atoms with Crippen LogP contribution in [0.4, 0.5) is 13.6 Å². The lowest BCUT2D eigenvalue weighted by Gasteiger charge is -2.29. The number of rotatable bonds is 7. The fourth-order valence-electron chi connectivity index (χ4n) is 6.35. The Bertz CT molecular complexity index is 1720. The van der Waals surface area contributed by atoms with Crippen molar-refractivity contribution >= 4 is 38.5 Å². The first-order chi connectivity index (χ1) is 21.5. The number of carbonyl (C=O) groups is 2. The van der Waals surface area contributed by atoms with Crippen molar-refractivity contribution in [2.75, 3.05) is 32.7 Å². The predicted molar refractivity (Wildman–Crippen MR) is 173 cm³/mol. The Balaban J connectivity index is 1.14. The molecule has 0 spiro atoms. The second-order valence-corrected chi connectivity index (χ2v) is 14.2. The van der Waals surface area contributed by atoms with Crippen molar-refractivity contribution in [3.63, 3.8) is 0 Å². The molecule has 6 rings (SSSR count). The van der Waals surface area contributed by atoms with E-state index in [0.717, 1.165) is 60.2 Å². The molecule has 2 saturated heterocycles. The van der Waals surface area contributed by atoms with Gasteiger partial charge >= 0.3 is 6.09 Å². The lowest BCUT2D eigenvalue weighted by Crippen LogP contribution is -2.36. The van der Waals surface area contributed by atoms with Crippen LogP contribution in [0, 0.1) is 12.7 Å². The number of alkyl halides is 1. The number of carbonyl (C=O) groups excluding carboxylic acids is 2. The number of halogens is 2. The first-order valence-electron chi connectivity index (χ1n) is 15.8. The summed E-state index contributed by atoms with van der Waals surface area (Å²) >= 11 is 1.46. The molecule has 2 aliphatic heterocycles. The van der Waals surface area contributed by atoms with Crippen LogP contribution in [0.3, 0.4) is 0 Å². The van der Waals surface area contributed by atoms with Crippen molar-refractivity contribution in [3.05, 3.63) is 59.0 Å². The molecule has 11 heteroatoms. The highest BCUT2D eigenvalue weighted by molar-refractivity contribution is 7.23. The Morgan fingerprint density at radius 1 is 1.11 bits per heavy atom. The third kappa shape index (κ3) is 6.84. The predicted octanol–water partition coefficient (Wildman–Crippen LogP) is 7.29. The fourth-order valence-corrected chi connectivity index (χ4v) is 7.38. The Hall–Kier alpha value is -3.57. The third-order valence-electron chi connectivity index (χ3n) is 8.67. The van der Waals surface area contributed by atoms with Gasteiger partial charge in [-0.05, 0) is 102 Å². The van der Waals surface area contributed by atoms with Gasteiger partial charge in [0.2, 0.25) is 0 Å². The third-order valence-corrected chi connectivity index (χ3v) is 9.69. The Labute approximate surface area is 266 Å². The molecular weight excluding hydrogens is 596 g/mol. The number of thiazole rings is 1. The minimum absolute atomic E-state index is 0.113. The summed E-state index contributed by atoms with van der Waals surface area (Å²) in [5, 5.41) is 3.03. The number of hydrogen-bond acceptors (Lipinski definition) is 6. The van der Waals surface area contributed by atoms with Gasteiger partial charge in [0.15, 0.2) is 4.96 Å². The molecule has 0 saturated carbocycles. The maximum absolute atomic E-state index is 15.5. The highest BCUT2D eigenvalue weighted by Gasteiger charge is 2.33. The number of nitrogens with zero attached hydrogens (tertiary/aromatic N) is 4. The molecule has 4 heterocycles. The molecule has 0 aliphatic carbocycles. The number of benzene rings is 2. The molecule has 0 unspecified atom stereocenters. The molecule has 2 fully saturated rings. The fraction of sp³-hybridized carbons (Fsp3) is 0.500. The summed E-state index contributed by atoms with van der Waals surface area (Å²) < 4.78 is 37.4. The summed E-state index contributed by atoms with van der Waals surface area (Å²) in [4.78, 5) is 35.2. The number of likely N-dealkylation sites (tertiary alicyclic amines) is 2. The van der Waals surface area contributed by atoms with E-state index in [1.54, 1.807) is 11.0 Å². The van der Waals surface area contributed by atoms with E-state index in [2.05, 4.69) is 10.2 Å². The molecule has 45 heavy (non-hydrogen) atoms. The zero-order chi connectivity index (χ0) is 31.9. The zero-order valence-electron chi connectivity index (χ0n) is 26.4. The lowest BCUT2D eigenvalue weighted by atomic mass is 10.0. The van der Waals surface area contributed by atoms with E-state index in [0.29, 0.717) is 47.7 Å². The standard InChI is InChI=1S/C34H41F2N5O3S/c1-21-17-29-30(19-25(21)31(42)37-12-6-13-39-15-10-23(35)11-16-39)45-32-38-27(20-41(29)32)24-9-8-22(18-26(24)36)28-7-5-14-40(28)33(43)44-34(2,3)4/h8-9,17-20,23,28H,5-7,10-16H2,1-4H3,(H,37,42)/t28-/m0/s1. The molecule has 1 atom stereocenters. The van der Waals surface area contributed by atoms with Crippen molar-refractivity contribution in [3.8, 4) is 11.3 Å². The van der Waals surface area contributed by atoms with Crippen LogP contribution in [0.15, 0.2) is 36.5 Å². The molecule has 2 aromatic heterocycles. The van der Waals surface area contributed by atoms with Gasteiger partial charge in [-0.3, -0.25) is 9.20 Å². The quantitative estimate of drug-likeness (QED) is 0.215. The first-order valence-corrected chi connectivity index (χ1v) is 16.6. The van der Waals surface area contributed by atoms with E-state index in [9.17, 15) is 14.0 Å². The van der Waals surface area contributed by atoms with Crippen molar-refractivity contribution in [2.24, 2.45) is 0 Å². The van der Waals surface area contributed by atoms with Gasteiger partial charge in [-0.2, -0.15) is 0 Å². The number of hydrogen-bond donors (Lipinski definition) is 1. The zero-order valence-corrected chi connectivity index (χ0v) is 27.2. The molecular formula is C34H41F2N5O3S. The van der Waals surface area contributed by atoms with Crippen LogP contribution in [0.1, 0.15) is 80.4 Å². The highest BCUT2D eigenvalue weighted by Crippen LogP contribution is 2.36. The van der Waals surface area contributed by atoms with Gasteiger partial charge < -0.3 is 19.9 Å². The number of amides is 2. The van der Waals surface area contributed by atoms with Gasteiger partial charge in [0.25, 0.3) is 5.91 Å². The molecule has 1 N–H and O–H groups in total. The summed E-state index contributed by atoms with van der Waals surface area (Å²) in [5.74, 6) is -0.501. The Morgan fingerprint density at radius 2 is 1.89 bits per heavy atom. The van der Waals surface area contributed by atoms with E-state index in [-0.39, 0.29) is 23.9 Å². The van der Waals surface area contributed by atoms with E-state index in [4.69, 9.17) is 9.72 Å². The second-order valence-electron chi connectivity index (χ2n) is 13.2. The summed E-state index contributed by atoms with van der Waals surface area (Å²) in [6.07, 6.45) is 4.37. The minimum Gasteiger partial charge on any atom is -0.444 e. The van der Waals surface area contributed by atoms with Gasteiger partial charge in [0.1, 0.15) is 17.6 Å². The Morgan fingerprint density at radius 3 is 2.62 bits per heavy atom. The van der Waals surface area contributed by atoms with Crippen molar-refractivity contribution in [2.45, 2.75) is 77.6 Å². The number of aryl methyl sites for hydroxylation is 1. The van der Waals surface area contributed by atoms with Crippen LogP contribution in [0.5, 0.6) is 0 Å². The van der Waals surface area contributed by atoms with Crippen LogP contribution in [-0.4, -0.2) is 75.7 Å². The van der Waals surface area contributed by atoms with Gasteiger partial charge in [0, 0.05) is 43.5 Å². The van der Waals surface area contributed by atoms with Crippen LogP contribution in [0.25, 0.3) is 26.4 Å². The topological polar surface area (TPSA) is 79.2 Å². The molecule has 2 aliphatic rings. The van der Waals surface area contributed by atoms with Crippen LogP contribution < -0.4 is 5.32 Å². The highest BCUT2D eigenvalue weighted by atomic mass is 32.1. The largest absolute Gasteiger partial charge is 0.444 e. The maximum atomic E-state index is 15.5. The van der Waals surface area contributed by atoms with E-state index >= 15 is 4.39 Å². The summed E-state index contributed by atoms with van der Waals surface area (Å²) in [7, 11) is 0. The Kier molecular flexibility index (Phi) is 8.85. The van der Waals surface area contributed by atoms with E-state index in [1.165, 1.54) is 17.4 Å². The molecule has 8 nitrogen and oxygen atoms in total. The van der Waals surface area contributed by atoms with E-state index < -0.39 is 11.8 Å². The molecule has 2 amide bonds. The number of piperidine rings is 1. The molecule has 240 valence electrons. The smallest absolute Gasteiger partial charge is 0.410 e. The lowest BCUT2D eigenvalue weighted by molar-refractivity contribution is 0.0224. The number of fused-ring (bicyclic) bond motifs is 3. The average Bonchev–Trinajstić information content (AvgIpc) is 3.70. The summed E-state index contributed by atoms with van der Waals surface area (Å²) in [6, 6.07) is 8.77. The van der Waals surface area contributed by atoms with Crippen molar-refractivity contribution in [1.29, 1.82) is 0 Å². The van der Waals surface area contributed by atoms with Gasteiger partial charge in [-0.15, -0.1) is 0 Å². The van der Waals surface area contributed by atoms with Crippen molar-refractivity contribution in [1.82, 2.24) is 24.5 Å². The molecule has 0 radical (unpaired) electrons. The van der Waals surface area contributed by atoms with Crippen LogP contribution in [-0.2, 0) is 4.74 Å². The number of imidazole rings is 1. The summed E-state index contributed by atoms with van der Waals surface area (Å²) in [5.41, 5.74) is 3.45. The van der Waals surface area contributed by atoms with Gasteiger partial charge in [0.05, 0.1) is 22.0 Å². The van der Waals surface area contributed by atoms with Crippen LogP contribution in [0.2, 0.25) is 0 Å². The normalized spacial score (nSPS) is 18.3. The van der Waals surface area contributed by atoms with Gasteiger partial charge in [-0.25, -0.2) is 18.6 Å². The monoisotopic (exact) mass is 637 g/mol. The number of nitrogens with one attached hydrogen (secondary N) is 1. The second kappa shape index (κ2) is 12.7. The first kappa shape index (κ1) is 31.4. The van der Waals surface area contributed by atoms with E-state index in [1.807, 2.05) is 56.5 Å². The minimum atomic E-state index is -0.681. The number of ether oxygens (including phenoxy) is 1. The average molecular weight is 638 g/mol. The van der Waals surface area contributed by atoms with Crippen LogP contribution >= 0.6 is 11.3 Å². The molecule has 2 aromatic carbocycles. The summed E-state index contributed by atoms with van der Waals surface area (Å²) in [6.45, 7) is 11.0. The maximum Gasteiger partial charge on any atom is 0.410 e. The van der Waals surface area contributed by atoms with Crippen molar-refractivity contribution < 1.29 is 23.1 Å².